The van der Waals surface area contributed by atoms with Crippen LogP contribution >= 0.6 is 0 Å². The Bertz CT molecular complexity index is 334. The molecule has 1 aromatic carbocycles. The Morgan fingerprint density at radius 3 is 2.56 bits per heavy atom. The number of aryl methyl sites for hydroxylation is 1. The highest BCUT2D eigenvalue weighted by Gasteiger charge is 2.11. The van der Waals surface area contributed by atoms with Crippen molar-refractivity contribution in [2.75, 3.05) is 6.54 Å². The van der Waals surface area contributed by atoms with Crippen LogP contribution in [-0.4, -0.2) is 22.6 Å². The fraction of sp³-hybridized carbons (Fsp3) is 0.571. The molecule has 16 heavy (non-hydrogen) atoms. The second-order valence-electron chi connectivity index (χ2n) is 4.70. The Balaban J connectivity index is 2.80. The Hall–Kier alpha value is -1.02. The molecule has 0 saturated carbocycles. The van der Waals surface area contributed by atoms with E-state index < -0.39 is 0 Å². The summed E-state index contributed by atoms with van der Waals surface area (Å²) in [6.45, 7) is 10.5. The van der Waals surface area contributed by atoms with Gasteiger partial charge in [0.1, 0.15) is 5.75 Å². The average Bonchev–Trinajstić information content (AvgIpc) is 2.22. The zero-order valence-electron chi connectivity index (χ0n) is 10.8. The van der Waals surface area contributed by atoms with E-state index in [1.807, 2.05) is 6.07 Å². The monoisotopic (exact) mass is 221 g/mol. The molecule has 0 amide bonds. The number of benzene rings is 1. The van der Waals surface area contributed by atoms with E-state index >= 15 is 0 Å². The van der Waals surface area contributed by atoms with Crippen molar-refractivity contribution in [3.05, 3.63) is 29.3 Å². The summed E-state index contributed by atoms with van der Waals surface area (Å²) in [6.07, 6.45) is 1.14. The number of hydrogen-bond donors (Lipinski definition) is 1. The van der Waals surface area contributed by atoms with Crippen molar-refractivity contribution in [3.8, 4) is 5.75 Å². The van der Waals surface area contributed by atoms with E-state index in [0.29, 0.717) is 11.8 Å². The number of rotatable bonds is 5. The first-order chi connectivity index (χ1) is 7.54. The first-order valence-corrected chi connectivity index (χ1v) is 6.07. The first kappa shape index (κ1) is 13.0. The molecule has 1 rings (SSSR count). The summed E-state index contributed by atoms with van der Waals surface area (Å²) in [7, 11) is 0. The Kier molecular flexibility index (Phi) is 4.81. The lowest BCUT2D eigenvalue weighted by Gasteiger charge is -2.26. The Morgan fingerprint density at radius 2 is 2.00 bits per heavy atom. The normalized spacial score (nSPS) is 11.4. The lowest BCUT2D eigenvalue weighted by atomic mass is 10.1. The summed E-state index contributed by atoms with van der Waals surface area (Å²) in [6, 6.07) is 6.31. The molecule has 0 unspecified atom stereocenters. The lowest BCUT2D eigenvalue weighted by Crippen LogP contribution is -2.31. The van der Waals surface area contributed by atoms with Crippen LogP contribution in [0, 0.1) is 6.92 Å². The second kappa shape index (κ2) is 5.90. The molecule has 1 N–H and O–H groups in total. The van der Waals surface area contributed by atoms with Crippen LogP contribution in [0.4, 0.5) is 0 Å². The van der Waals surface area contributed by atoms with Crippen molar-refractivity contribution in [1.82, 2.24) is 4.90 Å². The fourth-order valence-electron chi connectivity index (χ4n) is 1.87. The van der Waals surface area contributed by atoms with Gasteiger partial charge < -0.3 is 5.11 Å². The molecule has 0 bridgehead atoms. The maximum atomic E-state index is 9.81. The molecule has 0 spiro atoms. The van der Waals surface area contributed by atoms with Gasteiger partial charge in [0.05, 0.1) is 0 Å². The van der Waals surface area contributed by atoms with Gasteiger partial charge in [0.25, 0.3) is 0 Å². The molecule has 0 radical (unpaired) electrons. The van der Waals surface area contributed by atoms with E-state index in [1.165, 1.54) is 5.56 Å². The molecule has 0 heterocycles. The van der Waals surface area contributed by atoms with Gasteiger partial charge in [-0.25, -0.2) is 0 Å². The van der Waals surface area contributed by atoms with Crippen LogP contribution in [-0.2, 0) is 6.54 Å². The van der Waals surface area contributed by atoms with Gasteiger partial charge in [-0.3, -0.25) is 4.90 Å². The molecule has 1 aromatic rings. The molecule has 0 aromatic heterocycles. The maximum Gasteiger partial charge on any atom is 0.120 e. The van der Waals surface area contributed by atoms with Crippen LogP contribution in [0.25, 0.3) is 0 Å². The lowest BCUT2D eigenvalue weighted by molar-refractivity contribution is 0.211. The van der Waals surface area contributed by atoms with Crippen molar-refractivity contribution < 1.29 is 5.11 Å². The third kappa shape index (κ3) is 3.53. The Labute approximate surface area is 98.9 Å². The van der Waals surface area contributed by atoms with E-state index in [4.69, 9.17) is 0 Å². The highest BCUT2D eigenvalue weighted by Crippen LogP contribution is 2.21. The van der Waals surface area contributed by atoms with E-state index in [2.05, 4.69) is 38.7 Å². The molecule has 0 aliphatic carbocycles. The van der Waals surface area contributed by atoms with Gasteiger partial charge in [0, 0.05) is 18.2 Å². The second-order valence-corrected chi connectivity index (χ2v) is 4.70. The molecule has 90 valence electrons. The molecular formula is C14H23NO. The van der Waals surface area contributed by atoms with Gasteiger partial charge in [0.15, 0.2) is 0 Å². The first-order valence-electron chi connectivity index (χ1n) is 6.07. The van der Waals surface area contributed by atoms with Crippen molar-refractivity contribution in [3.63, 3.8) is 0 Å². The third-order valence-corrected chi connectivity index (χ3v) is 2.85. The van der Waals surface area contributed by atoms with E-state index in [1.54, 1.807) is 6.07 Å². The maximum absolute atomic E-state index is 9.81. The van der Waals surface area contributed by atoms with Crippen LogP contribution in [0.2, 0.25) is 0 Å². The standard InChI is InChI=1S/C14H23NO/c1-5-8-15(11(2)3)10-13-9-12(4)6-7-14(13)16/h6-7,9,11,16H,5,8,10H2,1-4H3. The SMILES string of the molecule is CCCN(Cc1cc(C)ccc1O)C(C)C. The molecule has 0 aliphatic heterocycles. The smallest absolute Gasteiger partial charge is 0.120 e. The summed E-state index contributed by atoms with van der Waals surface area (Å²) in [5.74, 6) is 0.410. The van der Waals surface area contributed by atoms with Crippen molar-refractivity contribution in [2.24, 2.45) is 0 Å². The molecule has 0 atom stereocenters. The quantitative estimate of drug-likeness (QED) is 0.824. The predicted molar refractivity (Wildman–Crippen MR) is 68.7 cm³/mol. The van der Waals surface area contributed by atoms with Gasteiger partial charge in [-0.2, -0.15) is 0 Å². The molecule has 0 saturated heterocycles. The minimum absolute atomic E-state index is 0.410. The minimum atomic E-state index is 0.410. The summed E-state index contributed by atoms with van der Waals surface area (Å²) < 4.78 is 0. The topological polar surface area (TPSA) is 23.5 Å². The minimum Gasteiger partial charge on any atom is -0.508 e. The Morgan fingerprint density at radius 1 is 1.31 bits per heavy atom. The predicted octanol–water partition coefficient (Wildman–Crippen LogP) is 3.32. The molecule has 0 fully saturated rings. The zero-order chi connectivity index (χ0) is 12.1. The van der Waals surface area contributed by atoms with E-state index in [9.17, 15) is 5.11 Å². The van der Waals surface area contributed by atoms with Crippen LogP contribution in [0.15, 0.2) is 18.2 Å². The molecular weight excluding hydrogens is 198 g/mol. The molecule has 0 aliphatic rings. The van der Waals surface area contributed by atoms with Crippen molar-refractivity contribution >= 4 is 0 Å². The molecule has 2 heteroatoms. The van der Waals surface area contributed by atoms with Crippen molar-refractivity contribution in [1.29, 1.82) is 0 Å². The van der Waals surface area contributed by atoms with Crippen LogP contribution in [0.3, 0.4) is 0 Å². The summed E-state index contributed by atoms with van der Waals surface area (Å²) >= 11 is 0. The molecule has 2 nitrogen and oxygen atoms in total. The van der Waals surface area contributed by atoms with Gasteiger partial charge in [-0.05, 0) is 39.8 Å². The van der Waals surface area contributed by atoms with E-state index in [0.717, 1.165) is 25.1 Å². The summed E-state index contributed by atoms with van der Waals surface area (Å²) in [4.78, 5) is 2.38. The van der Waals surface area contributed by atoms with Gasteiger partial charge in [0.2, 0.25) is 0 Å². The number of hydrogen-bond acceptors (Lipinski definition) is 2. The van der Waals surface area contributed by atoms with Crippen LogP contribution in [0.5, 0.6) is 5.75 Å². The van der Waals surface area contributed by atoms with Gasteiger partial charge >= 0.3 is 0 Å². The number of phenolic OH excluding ortho intramolecular Hbond substituents is 1. The largest absolute Gasteiger partial charge is 0.508 e. The number of nitrogens with zero attached hydrogens (tertiary/aromatic N) is 1. The number of phenols is 1. The van der Waals surface area contributed by atoms with Crippen molar-refractivity contribution in [2.45, 2.75) is 46.7 Å². The van der Waals surface area contributed by atoms with Crippen LogP contribution in [0.1, 0.15) is 38.3 Å². The average molecular weight is 221 g/mol. The fourth-order valence-corrected chi connectivity index (χ4v) is 1.87. The summed E-state index contributed by atoms with van der Waals surface area (Å²) in [5.41, 5.74) is 2.23. The highest BCUT2D eigenvalue weighted by atomic mass is 16.3. The number of aromatic hydroxyl groups is 1. The van der Waals surface area contributed by atoms with Crippen LogP contribution < -0.4 is 0 Å². The highest BCUT2D eigenvalue weighted by molar-refractivity contribution is 5.35. The third-order valence-electron chi connectivity index (χ3n) is 2.85. The van der Waals surface area contributed by atoms with E-state index in [-0.39, 0.29) is 0 Å². The van der Waals surface area contributed by atoms with Gasteiger partial charge in [-0.15, -0.1) is 0 Å². The van der Waals surface area contributed by atoms with Gasteiger partial charge in [-0.1, -0.05) is 24.6 Å². The summed E-state index contributed by atoms with van der Waals surface area (Å²) in [5, 5.41) is 9.81. The zero-order valence-corrected chi connectivity index (χ0v) is 10.8.